The molecule has 1 aromatic heterocycles. The zero-order chi connectivity index (χ0) is 13.9. The Labute approximate surface area is 119 Å². The zero-order valence-electron chi connectivity index (χ0n) is 10.6. The lowest BCUT2D eigenvalue weighted by molar-refractivity contribution is 0.0894. The predicted molar refractivity (Wildman–Crippen MR) is 79.3 cm³/mol. The number of thiazole rings is 1. The predicted octanol–water partition coefficient (Wildman–Crippen LogP) is 3.75. The van der Waals surface area contributed by atoms with Crippen LogP contribution in [0.3, 0.4) is 0 Å². The second kappa shape index (κ2) is 5.35. The van der Waals surface area contributed by atoms with Crippen molar-refractivity contribution >= 4 is 33.1 Å². The number of aromatic nitrogens is 1. The average Bonchev–Trinajstić information content (AvgIpc) is 2.92. The molecule has 0 aliphatic carbocycles. The first-order valence-corrected chi connectivity index (χ1v) is 7.03. The number of Topliss-reactive ketones (excluding diaryl/α,β-unsaturated/α-hetero) is 2. The molecule has 3 rings (SSSR count). The fraction of sp³-hybridized carbons (Fsp3) is 0.0625. The highest BCUT2D eigenvalue weighted by atomic mass is 32.1. The Balaban J connectivity index is 1.81. The maximum absolute atomic E-state index is 12.1. The number of rotatable bonds is 4. The molecule has 0 unspecified atom stereocenters. The zero-order valence-corrected chi connectivity index (χ0v) is 11.4. The third kappa shape index (κ3) is 2.51. The van der Waals surface area contributed by atoms with Gasteiger partial charge in [0.2, 0.25) is 0 Å². The van der Waals surface area contributed by atoms with E-state index in [0.717, 1.165) is 10.2 Å². The number of fused-ring (bicyclic) bond motifs is 1. The van der Waals surface area contributed by atoms with Gasteiger partial charge in [-0.1, -0.05) is 42.5 Å². The standard InChI is InChI=1S/C16H11NO2S/c18-13(11-6-2-1-3-7-11)10-14(19)16-17-12-8-4-5-9-15(12)20-16/h1-9H,10H2. The summed E-state index contributed by atoms with van der Waals surface area (Å²) in [4.78, 5) is 28.4. The van der Waals surface area contributed by atoms with Crippen LogP contribution in [0, 0.1) is 0 Å². The topological polar surface area (TPSA) is 47.0 Å². The lowest BCUT2D eigenvalue weighted by atomic mass is 10.1. The minimum atomic E-state index is -0.222. The van der Waals surface area contributed by atoms with E-state index >= 15 is 0 Å². The van der Waals surface area contributed by atoms with E-state index in [2.05, 4.69) is 4.98 Å². The largest absolute Gasteiger partial charge is 0.294 e. The van der Waals surface area contributed by atoms with Gasteiger partial charge in [-0.2, -0.15) is 0 Å². The molecule has 0 amide bonds. The fourth-order valence-electron chi connectivity index (χ4n) is 1.94. The Hall–Kier alpha value is -2.33. The highest BCUT2D eigenvalue weighted by Crippen LogP contribution is 2.22. The molecular formula is C16H11NO2S. The van der Waals surface area contributed by atoms with Gasteiger partial charge in [-0.15, -0.1) is 11.3 Å². The first kappa shape index (κ1) is 12.7. The molecule has 98 valence electrons. The van der Waals surface area contributed by atoms with Gasteiger partial charge in [0.15, 0.2) is 16.6 Å². The van der Waals surface area contributed by atoms with Gasteiger partial charge in [0.05, 0.1) is 16.6 Å². The minimum Gasteiger partial charge on any atom is -0.294 e. The molecule has 0 spiro atoms. The van der Waals surface area contributed by atoms with Crippen molar-refractivity contribution in [2.75, 3.05) is 0 Å². The van der Waals surface area contributed by atoms with Crippen LogP contribution in [-0.2, 0) is 0 Å². The molecule has 0 radical (unpaired) electrons. The van der Waals surface area contributed by atoms with E-state index in [0.29, 0.717) is 10.6 Å². The van der Waals surface area contributed by atoms with E-state index < -0.39 is 0 Å². The van der Waals surface area contributed by atoms with Crippen LogP contribution >= 0.6 is 11.3 Å². The van der Waals surface area contributed by atoms with Gasteiger partial charge in [0, 0.05) is 5.56 Å². The molecular weight excluding hydrogens is 270 g/mol. The first-order valence-electron chi connectivity index (χ1n) is 6.21. The van der Waals surface area contributed by atoms with Crippen LogP contribution in [0.1, 0.15) is 26.6 Å². The molecule has 0 fully saturated rings. The molecule has 0 saturated heterocycles. The van der Waals surface area contributed by atoms with Crippen molar-refractivity contribution < 1.29 is 9.59 Å². The van der Waals surface area contributed by atoms with Crippen LogP contribution in [-0.4, -0.2) is 16.6 Å². The van der Waals surface area contributed by atoms with Crippen molar-refractivity contribution in [2.45, 2.75) is 6.42 Å². The monoisotopic (exact) mass is 281 g/mol. The molecule has 0 aliphatic rings. The summed E-state index contributed by atoms with van der Waals surface area (Å²) < 4.78 is 0.961. The number of nitrogens with zero attached hydrogens (tertiary/aromatic N) is 1. The minimum absolute atomic E-state index is 0.135. The smallest absolute Gasteiger partial charge is 0.199 e. The van der Waals surface area contributed by atoms with Crippen molar-refractivity contribution in [1.29, 1.82) is 0 Å². The number of carbonyl (C=O) groups is 2. The molecule has 0 saturated carbocycles. The summed E-state index contributed by atoms with van der Waals surface area (Å²) in [6, 6.07) is 16.4. The second-order valence-electron chi connectivity index (χ2n) is 4.38. The Kier molecular flexibility index (Phi) is 3.39. The van der Waals surface area contributed by atoms with Crippen molar-refractivity contribution in [1.82, 2.24) is 4.98 Å². The van der Waals surface area contributed by atoms with Gasteiger partial charge in [-0.05, 0) is 12.1 Å². The van der Waals surface area contributed by atoms with E-state index in [-0.39, 0.29) is 18.0 Å². The van der Waals surface area contributed by atoms with E-state index in [1.54, 1.807) is 24.3 Å². The van der Waals surface area contributed by atoms with Crippen LogP contribution in [0.25, 0.3) is 10.2 Å². The molecule has 4 heteroatoms. The maximum Gasteiger partial charge on any atom is 0.199 e. The summed E-state index contributed by atoms with van der Waals surface area (Å²) in [5.74, 6) is -0.394. The van der Waals surface area contributed by atoms with Crippen LogP contribution in [0.5, 0.6) is 0 Å². The van der Waals surface area contributed by atoms with Crippen LogP contribution < -0.4 is 0 Å². The number of hydrogen-bond acceptors (Lipinski definition) is 4. The quantitative estimate of drug-likeness (QED) is 0.540. The number of ketones is 2. The summed E-state index contributed by atoms with van der Waals surface area (Å²) in [6.45, 7) is 0. The normalized spacial score (nSPS) is 10.6. The number of para-hydroxylation sites is 1. The van der Waals surface area contributed by atoms with Crippen LogP contribution in [0.2, 0.25) is 0 Å². The number of benzene rings is 2. The highest BCUT2D eigenvalue weighted by Gasteiger charge is 2.17. The summed E-state index contributed by atoms with van der Waals surface area (Å²) in [5.41, 5.74) is 1.36. The Morgan fingerprint density at radius 1 is 0.900 bits per heavy atom. The summed E-state index contributed by atoms with van der Waals surface area (Å²) in [6.07, 6.45) is -0.135. The van der Waals surface area contributed by atoms with E-state index in [9.17, 15) is 9.59 Å². The molecule has 20 heavy (non-hydrogen) atoms. The van der Waals surface area contributed by atoms with E-state index in [4.69, 9.17) is 0 Å². The second-order valence-corrected chi connectivity index (χ2v) is 5.41. The molecule has 0 bridgehead atoms. The van der Waals surface area contributed by atoms with Gasteiger partial charge < -0.3 is 0 Å². The molecule has 3 nitrogen and oxygen atoms in total. The molecule has 0 aliphatic heterocycles. The van der Waals surface area contributed by atoms with E-state index in [1.807, 2.05) is 30.3 Å². The molecule has 1 heterocycles. The van der Waals surface area contributed by atoms with Gasteiger partial charge in [-0.3, -0.25) is 9.59 Å². The van der Waals surface area contributed by atoms with E-state index in [1.165, 1.54) is 11.3 Å². The SMILES string of the molecule is O=C(CC(=O)c1nc2ccccc2s1)c1ccccc1. The fourth-order valence-corrected chi connectivity index (χ4v) is 2.84. The molecule has 3 aromatic rings. The highest BCUT2D eigenvalue weighted by molar-refractivity contribution is 7.20. The summed E-state index contributed by atoms with van der Waals surface area (Å²) in [7, 11) is 0. The van der Waals surface area contributed by atoms with Gasteiger partial charge in [-0.25, -0.2) is 4.98 Å². The summed E-state index contributed by atoms with van der Waals surface area (Å²) >= 11 is 1.33. The van der Waals surface area contributed by atoms with Crippen molar-refractivity contribution in [3.8, 4) is 0 Å². The molecule has 0 N–H and O–H groups in total. The average molecular weight is 281 g/mol. The summed E-state index contributed by atoms with van der Waals surface area (Å²) in [5, 5.41) is 0.399. The van der Waals surface area contributed by atoms with Gasteiger partial charge >= 0.3 is 0 Å². The van der Waals surface area contributed by atoms with Crippen LogP contribution in [0.4, 0.5) is 0 Å². The van der Waals surface area contributed by atoms with Crippen molar-refractivity contribution in [3.05, 3.63) is 65.2 Å². The maximum atomic E-state index is 12.1. The number of carbonyl (C=O) groups excluding carboxylic acids is 2. The lowest BCUT2D eigenvalue weighted by Crippen LogP contribution is -2.08. The van der Waals surface area contributed by atoms with Gasteiger partial charge in [0.1, 0.15) is 0 Å². The Morgan fingerprint density at radius 3 is 2.35 bits per heavy atom. The Bertz CT molecular complexity index is 744. The Morgan fingerprint density at radius 2 is 1.60 bits per heavy atom. The number of hydrogen-bond donors (Lipinski definition) is 0. The van der Waals surface area contributed by atoms with Crippen molar-refractivity contribution in [3.63, 3.8) is 0 Å². The third-order valence-electron chi connectivity index (χ3n) is 2.95. The lowest BCUT2D eigenvalue weighted by Gasteiger charge is -1.98. The third-order valence-corrected chi connectivity index (χ3v) is 4.03. The molecule has 2 aromatic carbocycles. The first-order chi connectivity index (χ1) is 9.74. The van der Waals surface area contributed by atoms with Crippen LogP contribution in [0.15, 0.2) is 54.6 Å². The van der Waals surface area contributed by atoms with Gasteiger partial charge in [0.25, 0.3) is 0 Å². The van der Waals surface area contributed by atoms with Crippen molar-refractivity contribution in [2.24, 2.45) is 0 Å². The molecule has 0 atom stereocenters.